The van der Waals surface area contributed by atoms with E-state index >= 15 is 0 Å². The fraction of sp³-hybridized carbons (Fsp3) is 0.200. The van der Waals surface area contributed by atoms with Crippen LogP contribution in [0.3, 0.4) is 0 Å². The van der Waals surface area contributed by atoms with E-state index in [-0.39, 0.29) is 19.0 Å². The highest BCUT2D eigenvalue weighted by Gasteiger charge is 2.09. The van der Waals surface area contributed by atoms with Gasteiger partial charge in [-0.3, -0.25) is 0 Å². The lowest BCUT2D eigenvalue weighted by Crippen LogP contribution is -2.26. The summed E-state index contributed by atoms with van der Waals surface area (Å²) in [5, 5.41) is 13.2. The van der Waals surface area contributed by atoms with E-state index in [4.69, 9.17) is 16.3 Å². The number of para-hydroxylation sites is 1. The smallest absolute Gasteiger partial charge is 0.147 e. The van der Waals surface area contributed by atoms with Crippen molar-refractivity contribution in [1.29, 1.82) is 0 Å². The molecule has 21 heavy (non-hydrogen) atoms. The molecule has 0 aliphatic rings. The van der Waals surface area contributed by atoms with Crippen LogP contribution in [0.2, 0.25) is 5.02 Å². The highest BCUT2D eigenvalue weighted by atomic mass is 79.9. The molecule has 0 amide bonds. The molecule has 0 saturated heterocycles. The molecule has 2 N–H and O–H groups in total. The number of aliphatic hydroxyl groups is 1. The number of hydrogen-bond donors (Lipinski definition) is 2. The number of halogens is 3. The Kier molecular flexibility index (Phi) is 5.85. The highest BCUT2D eigenvalue weighted by molar-refractivity contribution is 9.10. The molecule has 2 rings (SSSR count). The van der Waals surface area contributed by atoms with Crippen molar-refractivity contribution in [3.05, 3.63) is 57.8 Å². The van der Waals surface area contributed by atoms with Gasteiger partial charge in [-0.15, -0.1) is 0 Å². The van der Waals surface area contributed by atoms with Crippen LogP contribution in [0, 0.1) is 5.82 Å². The molecule has 2 aromatic rings. The van der Waals surface area contributed by atoms with Crippen LogP contribution >= 0.6 is 27.5 Å². The Morgan fingerprint density at radius 2 is 2.05 bits per heavy atom. The topological polar surface area (TPSA) is 41.5 Å². The van der Waals surface area contributed by atoms with Crippen LogP contribution in [0.5, 0.6) is 5.75 Å². The van der Waals surface area contributed by atoms with Crippen molar-refractivity contribution < 1.29 is 14.2 Å². The molecule has 0 radical (unpaired) electrons. The van der Waals surface area contributed by atoms with E-state index in [0.29, 0.717) is 20.9 Å². The number of benzene rings is 2. The van der Waals surface area contributed by atoms with E-state index in [1.165, 1.54) is 6.07 Å². The Bertz CT molecular complexity index is 612. The van der Waals surface area contributed by atoms with E-state index in [1.807, 2.05) is 0 Å². The number of nitrogens with one attached hydrogen (secondary N) is 1. The summed E-state index contributed by atoms with van der Waals surface area (Å²) in [7, 11) is 0. The third-order valence-electron chi connectivity index (χ3n) is 2.73. The van der Waals surface area contributed by atoms with Gasteiger partial charge in [0.25, 0.3) is 0 Å². The SMILES string of the molecule is OC(CNc1ccc(Br)cc1F)COc1ccccc1Cl. The third kappa shape index (κ3) is 4.88. The number of ether oxygens (including phenoxy) is 1. The van der Waals surface area contributed by atoms with Gasteiger partial charge in [-0.05, 0) is 30.3 Å². The molecule has 0 bridgehead atoms. The maximum absolute atomic E-state index is 13.6. The van der Waals surface area contributed by atoms with E-state index in [0.717, 1.165) is 0 Å². The zero-order chi connectivity index (χ0) is 15.2. The minimum absolute atomic E-state index is 0.0644. The van der Waals surface area contributed by atoms with Gasteiger partial charge in [0, 0.05) is 11.0 Å². The van der Waals surface area contributed by atoms with Crippen LogP contribution in [-0.2, 0) is 0 Å². The van der Waals surface area contributed by atoms with Gasteiger partial charge in [0.15, 0.2) is 0 Å². The quantitative estimate of drug-likeness (QED) is 0.800. The van der Waals surface area contributed by atoms with Crippen LogP contribution in [0.15, 0.2) is 46.9 Å². The van der Waals surface area contributed by atoms with Gasteiger partial charge < -0.3 is 15.2 Å². The number of rotatable bonds is 6. The van der Waals surface area contributed by atoms with Crippen LogP contribution in [-0.4, -0.2) is 24.4 Å². The zero-order valence-electron chi connectivity index (χ0n) is 11.0. The summed E-state index contributed by atoms with van der Waals surface area (Å²) in [4.78, 5) is 0. The lowest BCUT2D eigenvalue weighted by molar-refractivity contribution is 0.117. The molecule has 0 fully saturated rings. The molecule has 0 aliphatic heterocycles. The first-order chi connectivity index (χ1) is 10.1. The molecule has 2 aromatic carbocycles. The largest absolute Gasteiger partial charge is 0.489 e. The van der Waals surface area contributed by atoms with Crippen LogP contribution < -0.4 is 10.1 Å². The zero-order valence-corrected chi connectivity index (χ0v) is 13.4. The predicted molar refractivity (Wildman–Crippen MR) is 85.5 cm³/mol. The fourth-order valence-electron chi connectivity index (χ4n) is 1.67. The minimum atomic E-state index is -0.788. The fourth-order valence-corrected chi connectivity index (χ4v) is 2.19. The third-order valence-corrected chi connectivity index (χ3v) is 3.53. The summed E-state index contributed by atoms with van der Waals surface area (Å²) < 4.78 is 19.7. The van der Waals surface area contributed by atoms with E-state index in [9.17, 15) is 9.50 Å². The second kappa shape index (κ2) is 7.64. The summed E-state index contributed by atoms with van der Waals surface area (Å²) in [6.45, 7) is 0.234. The van der Waals surface area contributed by atoms with E-state index < -0.39 is 6.10 Å². The molecule has 1 atom stereocenters. The van der Waals surface area contributed by atoms with Crippen molar-refractivity contribution in [2.24, 2.45) is 0 Å². The number of aliphatic hydroxyl groups excluding tert-OH is 1. The first-order valence-corrected chi connectivity index (χ1v) is 7.47. The first-order valence-electron chi connectivity index (χ1n) is 6.30. The number of anilines is 1. The molecular formula is C15H14BrClFNO2. The number of hydrogen-bond acceptors (Lipinski definition) is 3. The Morgan fingerprint density at radius 1 is 1.29 bits per heavy atom. The predicted octanol–water partition coefficient (Wildman–Crippen LogP) is 4.09. The molecule has 112 valence electrons. The molecule has 0 heterocycles. The molecule has 0 aliphatic carbocycles. The van der Waals surface area contributed by atoms with Crippen molar-refractivity contribution in [2.45, 2.75) is 6.10 Å². The van der Waals surface area contributed by atoms with E-state index in [2.05, 4.69) is 21.2 Å². The van der Waals surface area contributed by atoms with Crippen molar-refractivity contribution in [3.63, 3.8) is 0 Å². The minimum Gasteiger partial charge on any atom is -0.489 e. The summed E-state index contributed by atoms with van der Waals surface area (Å²) in [5.41, 5.74) is 0.329. The summed E-state index contributed by atoms with van der Waals surface area (Å²) in [5.74, 6) is 0.122. The second-order valence-electron chi connectivity index (χ2n) is 4.40. The van der Waals surface area contributed by atoms with Crippen LogP contribution in [0.25, 0.3) is 0 Å². The summed E-state index contributed by atoms with van der Waals surface area (Å²) >= 11 is 9.12. The Morgan fingerprint density at radius 3 is 2.76 bits per heavy atom. The summed E-state index contributed by atoms with van der Waals surface area (Å²) in [6.07, 6.45) is -0.788. The molecule has 0 spiro atoms. The van der Waals surface area contributed by atoms with Gasteiger partial charge in [-0.2, -0.15) is 0 Å². The molecule has 0 aromatic heterocycles. The Hall–Kier alpha value is -1.30. The van der Waals surface area contributed by atoms with Gasteiger partial charge >= 0.3 is 0 Å². The molecular weight excluding hydrogens is 361 g/mol. The standard InChI is InChI=1S/C15H14BrClFNO2/c16-10-5-6-14(13(18)7-10)19-8-11(20)9-21-15-4-2-1-3-12(15)17/h1-7,11,19-20H,8-9H2. The second-order valence-corrected chi connectivity index (χ2v) is 5.72. The molecule has 1 unspecified atom stereocenters. The molecule has 6 heteroatoms. The average Bonchev–Trinajstić information content (AvgIpc) is 2.45. The highest BCUT2D eigenvalue weighted by Crippen LogP contribution is 2.23. The van der Waals surface area contributed by atoms with Gasteiger partial charge in [0.2, 0.25) is 0 Å². The average molecular weight is 375 g/mol. The lowest BCUT2D eigenvalue weighted by Gasteiger charge is -2.15. The normalized spacial score (nSPS) is 12.0. The molecule has 3 nitrogen and oxygen atoms in total. The van der Waals surface area contributed by atoms with Crippen molar-refractivity contribution in [2.75, 3.05) is 18.5 Å². The first kappa shape index (κ1) is 16.1. The van der Waals surface area contributed by atoms with Gasteiger partial charge in [0.1, 0.15) is 24.3 Å². The maximum atomic E-state index is 13.6. The van der Waals surface area contributed by atoms with E-state index in [1.54, 1.807) is 36.4 Å². The van der Waals surface area contributed by atoms with Crippen molar-refractivity contribution >= 4 is 33.2 Å². The van der Waals surface area contributed by atoms with Crippen LogP contribution in [0.1, 0.15) is 0 Å². The maximum Gasteiger partial charge on any atom is 0.147 e. The Balaban J connectivity index is 1.82. The van der Waals surface area contributed by atoms with Gasteiger partial charge in [-0.1, -0.05) is 39.7 Å². The monoisotopic (exact) mass is 373 g/mol. The van der Waals surface area contributed by atoms with Gasteiger partial charge in [0.05, 0.1) is 10.7 Å². The van der Waals surface area contributed by atoms with Crippen molar-refractivity contribution in [3.8, 4) is 5.75 Å². The van der Waals surface area contributed by atoms with Crippen LogP contribution in [0.4, 0.5) is 10.1 Å². The van der Waals surface area contributed by atoms with Crippen molar-refractivity contribution in [1.82, 2.24) is 0 Å². The Labute approximate surface area is 135 Å². The van der Waals surface area contributed by atoms with Gasteiger partial charge in [-0.25, -0.2) is 4.39 Å². The molecule has 0 saturated carbocycles. The summed E-state index contributed by atoms with van der Waals surface area (Å²) in [6, 6.07) is 11.7. The lowest BCUT2D eigenvalue weighted by atomic mass is 10.3.